The Kier molecular flexibility index (Phi) is 5.65. The number of aryl methyl sites for hydroxylation is 1. The molecule has 1 aromatic rings. The van der Waals surface area contributed by atoms with Gasteiger partial charge in [0.1, 0.15) is 5.75 Å². The molecule has 1 aromatic carbocycles. The molecule has 0 saturated heterocycles. The van der Waals surface area contributed by atoms with Crippen molar-refractivity contribution in [3.05, 3.63) is 29.3 Å². The number of ether oxygens (including phenoxy) is 2. The van der Waals surface area contributed by atoms with Crippen LogP contribution in [0.25, 0.3) is 0 Å². The summed E-state index contributed by atoms with van der Waals surface area (Å²) in [6.45, 7) is 5.82. The molecule has 0 N–H and O–H groups in total. The Balaban J connectivity index is 2.80. The molecule has 0 amide bonds. The van der Waals surface area contributed by atoms with Crippen LogP contribution in [0.4, 0.5) is 0 Å². The summed E-state index contributed by atoms with van der Waals surface area (Å²) in [7, 11) is 3.06. The van der Waals surface area contributed by atoms with Crippen LogP contribution < -0.4 is 4.74 Å². The average molecular weight is 251 g/mol. The van der Waals surface area contributed by atoms with E-state index in [4.69, 9.17) is 4.74 Å². The van der Waals surface area contributed by atoms with Gasteiger partial charge in [0.25, 0.3) is 0 Å². The van der Waals surface area contributed by atoms with E-state index in [2.05, 4.69) is 10.8 Å². The van der Waals surface area contributed by atoms with E-state index in [1.165, 1.54) is 12.7 Å². The number of carbonyl (C=O) groups is 1. The maximum absolute atomic E-state index is 11.3. The van der Waals surface area contributed by atoms with Crippen LogP contribution in [0, 0.1) is 6.92 Å². The predicted octanol–water partition coefficient (Wildman–Crippen LogP) is 2.00. The third-order valence-electron chi connectivity index (χ3n) is 2.86. The van der Waals surface area contributed by atoms with E-state index < -0.39 is 0 Å². The molecule has 4 nitrogen and oxygen atoms in total. The number of nitrogens with zero attached hydrogens (tertiary/aromatic N) is 1. The van der Waals surface area contributed by atoms with Gasteiger partial charge in [-0.25, -0.2) is 0 Å². The van der Waals surface area contributed by atoms with Gasteiger partial charge < -0.3 is 9.47 Å². The van der Waals surface area contributed by atoms with Crippen LogP contribution in [0.5, 0.6) is 5.75 Å². The molecule has 0 unspecified atom stereocenters. The molecule has 0 aromatic heterocycles. The Morgan fingerprint density at radius 2 is 2.06 bits per heavy atom. The quantitative estimate of drug-likeness (QED) is 0.725. The summed E-state index contributed by atoms with van der Waals surface area (Å²) in [6, 6.07) is 6.05. The molecular formula is C14H21NO3. The number of esters is 1. The monoisotopic (exact) mass is 251 g/mol. The van der Waals surface area contributed by atoms with Crippen molar-refractivity contribution in [3.8, 4) is 5.75 Å². The normalized spacial score (nSPS) is 10.5. The molecule has 0 radical (unpaired) electrons. The molecule has 0 fully saturated rings. The molecule has 0 heterocycles. The molecule has 0 aliphatic heterocycles. The second-order valence-corrected chi connectivity index (χ2v) is 4.19. The van der Waals surface area contributed by atoms with Crippen molar-refractivity contribution in [1.29, 1.82) is 0 Å². The number of hydrogen-bond donors (Lipinski definition) is 0. The Morgan fingerprint density at radius 3 is 2.61 bits per heavy atom. The molecule has 0 saturated carbocycles. The molecule has 1 rings (SSSR count). The summed E-state index contributed by atoms with van der Waals surface area (Å²) in [5.41, 5.74) is 2.27. The van der Waals surface area contributed by atoms with Gasteiger partial charge in [0.15, 0.2) is 0 Å². The van der Waals surface area contributed by atoms with Gasteiger partial charge in [-0.2, -0.15) is 0 Å². The lowest BCUT2D eigenvalue weighted by Crippen LogP contribution is -2.30. The summed E-state index contributed by atoms with van der Waals surface area (Å²) in [6.07, 6.45) is 0. The van der Waals surface area contributed by atoms with Crippen LogP contribution in [0.3, 0.4) is 0 Å². The van der Waals surface area contributed by atoms with Gasteiger partial charge in [-0.05, 0) is 19.5 Å². The van der Waals surface area contributed by atoms with Gasteiger partial charge in [0.05, 0.1) is 20.8 Å². The van der Waals surface area contributed by atoms with E-state index in [9.17, 15) is 4.79 Å². The minimum atomic E-state index is -0.219. The van der Waals surface area contributed by atoms with E-state index in [0.29, 0.717) is 13.1 Å². The van der Waals surface area contributed by atoms with E-state index in [1.807, 2.05) is 30.9 Å². The molecule has 18 heavy (non-hydrogen) atoms. The first-order valence-corrected chi connectivity index (χ1v) is 6.03. The third kappa shape index (κ3) is 4.04. The van der Waals surface area contributed by atoms with Crippen LogP contribution in [-0.2, 0) is 16.1 Å². The lowest BCUT2D eigenvalue weighted by atomic mass is 10.1. The number of benzene rings is 1. The lowest BCUT2D eigenvalue weighted by molar-refractivity contribution is -0.142. The lowest BCUT2D eigenvalue weighted by Gasteiger charge is -2.20. The molecule has 0 aliphatic rings. The second-order valence-electron chi connectivity index (χ2n) is 4.19. The highest BCUT2D eigenvalue weighted by Crippen LogP contribution is 2.21. The van der Waals surface area contributed by atoms with Crippen molar-refractivity contribution in [2.45, 2.75) is 20.4 Å². The van der Waals surface area contributed by atoms with Gasteiger partial charge in [0.2, 0.25) is 0 Å². The van der Waals surface area contributed by atoms with Crippen LogP contribution in [0.1, 0.15) is 18.1 Å². The maximum Gasteiger partial charge on any atom is 0.319 e. The fourth-order valence-corrected chi connectivity index (χ4v) is 1.80. The first kappa shape index (κ1) is 14.5. The third-order valence-corrected chi connectivity index (χ3v) is 2.86. The Morgan fingerprint density at radius 1 is 1.33 bits per heavy atom. The molecule has 0 spiro atoms. The predicted molar refractivity (Wildman–Crippen MR) is 70.7 cm³/mol. The van der Waals surface area contributed by atoms with Crippen molar-refractivity contribution in [2.24, 2.45) is 0 Å². The molecule has 0 bridgehead atoms. The number of carbonyl (C=O) groups excluding carboxylic acids is 1. The van der Waals surface area contributed by atoms with Gasteiger partial charge in [-0.15, -0.1) is 0 Å². The van der Waals surface area contributed by atoms with E-state index in [1.54, 1.807) is 7.11 Å². The molecular weight excluding hydrogens is 230 g/mol. The van der Waals surface area contributed by atoms with Crippen molar-refractivity contribution >= 4 is 5.97 Å². The average Bonchev–Trinajstić information content (AvgIpc) is 2.38. The van der Waals surface area contributed by atoms with Crippen molar-refractivity contribution < 1.29 is 14.3 Å². The molecule has 0 aliphatic carbocycles. The molecule has 4 heteroatoms. The van der Waals surface area contributed by atoms with Crippen molar-refractivity contribution in [2.75, 3.05) is 27.3 Å². The Hall–Kier alpha value is -1.55. The second kappa shape index (κ2) is 7.01. The number of rotatable bonds is 6. The van der Waals surface area contributed by atoms with Gasteiger partial charge in [-0.3, -0.25) is 9.69 Å². The van der Waals surface area contributed by atoms with E-state index >= 15 is 0 Å². The fraction of sp³-hybridized carbons (Fsp3) is 0.500. The number of hydrogen-bond acceptors (Lipinski definition) is 4. The van der Waals surface area contributed by atoms with Crippen molar-refractivity contribution in [1.82, 2.24) is 4.90 Å². The number of likely N-dealkylation sites (N-methyl/N-ethyl adjacent to an activating group) is 1. The largest absolute Gasteiger partial charge is 0.496 e. The first-order chi connectivity index (χ1) is 8.60. The highest BCUT2D eigenvalue weighted by molar-refractivity contribution is 5.71. The minimum absolute atomic E-state index is 0.219. The SMILES string of the molecule is CCN(CC(=O)OC)Cc1cc(C)ccc1OC. The summed E-state index contributed by atoms with van der Waals surface area (Å²) >= 11 is 0. The van der Waals surface area contributed by atoms with Crippen LogP contribution in [0.15, 0.2) is 18.2 Å². The van der Waals surface area contributed by atoms with Gasteiger partial charge in [-0.1, -0.05) is 24.6 Å². The van der Waals surface area contributed by atoms with Gasteiger partial charge in [0, 0.05) is 12.1 Å². The summed E-state index contributed by atoms with van der Waals surface area (Å²) in [4.78, 5) is 13.3. The summed E-state index contributed by atoms with van der Waals surface area (Å²) in [5, 5.41) is 0. The van der Waals surface area contributed by atoms with Gasteiger partial charge >= 0.3 is 5.97 Å². The van der Waals surface area contributed by atoms with Crippen LogP contribution in [0.2, 0.25) is 0 Å². The Labute approximate surface area is 108 Å². The zero-order valence-corrected chi connectivity index (χ0v) is 11.5. The topological polar surface area (TPSA) is 38.8 Å². The molecule has 0 atom stereocenters. The minimum Gasteiger partial charge on any atom is -0.496 e. The van der Waals surface area contributed by atoms with Crippen molar-refractivity contribution in [3.63, 3.8) is 0 Å². The first-order valence-electron chi connectivity index (χ1n) is 6.03. The Bertz CT molecular complexity index is 404. The zero-order valence-electron chi connectivity index (χ0n) is 11.5. The van der Waals surface area contributed by atoms with Crippen LogP contribution in [-0.4, -0.2) is 38.2 Å². The summed E-state index contributed by atoms with van der Waals surface area (Å²) < 4.78 is 10.0. The van der Waals surface area contributed by atoms with Crippen LogP contribution >= 0.6 is 0 Å². The summed E-state index contributed by atoms with van der Waals surface area (Å²) in [5.74, 6) is 0.632. The highest BCUT2D eigenvalue weighted by Gasteiger charge is 2.12. The van der Waals surface area contributed by atoms with E-state index in [-0.39, 0.29) is 5.97 Å². The van der Waals surface area contributed by atoms with E-state index in [0.717, 1.165) is 17.9 Å². The molecule has 100 valence electrons. The zero-order chi connectivity index (χ0) is 13.5. The number of methoxy groups -OCH3 is 2. The highest BCUT2D eigenvalue weighted by atomic mass is 16.5. The smallest absolute Gasteiger partial charge is 0.319 e. The fourth-order valence-electron chi connectivity index (χ4n) is 1.80. The maximum atomic E-state index is 11.3. The standard InChI is InChI=1S/C14H21NO3/c1-5-15(10-14(16)18-4)9-12-8-11(2)6-7-13(12)17-3/h6-8H,5,9-10H2,1-4H3.